The molecule has 0 spiro atoms. The van der Waals surface area contributed by atoms with Crippen LogP contribution in [0.3, 0.4) is 0 Å². The minimum Gasteiger partial charge on any atom is -0.481 e. The predicted octanol–water partition coefficient (Wildman–Crippen LogP) is 1.17. The Morgan fingerprint density at radius 1 is 1.19 bits per heavy atom. The minimum atomic E-state index is -0.911. The van der Waals surface area contributed by atoms with Gasteiger partial charge in [-0.25, -0.2) is 0 Å². The van der Waals surface area contributed by atoms with Gasteiger partial charge in [0.25, 0.3) is 0 Å². The Kier molecular flexibility index (Phi) is 2.86. The van der Waals surface area contributed by atoms with Crippen LogP contribution in [0.1, 0.15) is 5.69 Å². The number of carboxylic acids is 1. The van der Waals surface area contributed by atoms with E-state index in [2.05, 4.69) is 15.0 Å². The van der Waals surface area contributed by atoms with E-state index in [4.69, 9.17) is 5.11 Å². The van der Waals surface area contributed by atoms with Gasteiger partial charge in [-0.1, -0.05) is 0 Å². The van der Waals surface area contributed by atoms with E-state index in [-0.39, 0.29) is 6.42 Å². The molecule has 1 N–H and O–H groups in total. The number of nitrogens with zero attached hydrogens (tertiary/aromatic N) is 3. The smallest absolute Gasteiger partial charge is 0.309 e. The summed E-state index contributed by atoms with van der Waals surface area (Å²) in [5, 5.41) is 8.58. The normalized spacial score (nSPS) is 10.0. The highest BCUT2D eigenvalue weighted by atomic mass is 16.4. The second-order valence-corrected chi connectivity index (χ2v) is 3.20. The lowest BCUT2D eigenvalue weighted by molar-refractivity contribution is -0.136. The third-order valence-electron chi connectivity index (χ3n) is 2.01. The number of rotatable bonds is 3. The van der Waals surface area contributed by atoms with Crippen LogP contribution >= 0.6 is 0 Å². The first-order valence-corrected chi connectivity index (χ1v) is 4.69. The zero-order valence-corrected chi connectivity index (χ0v) is 8.37. The summed E-state index contributed by atoms with van der Waals surface area (Å²) in [6.07, 6.45) is 6.27. The van der Waals surface area contributed by atoms with E-state index in [9.17, 15) is 4.79 Å². The van der Waals surface area contributed by atoms with Gasteiger partial charge in [-0.05, 0) is 12.1 Å². The molecule has 2 aromatic heterocycles. The molecule has 0 unspecified atom stereocenters. The molecule has 2 aromatic rings. The van der Waals surface area contributed by atoms with Gasteiger partial charge >= 0.3 is 5.97 Å². The van der Waals surface area contributed by atoms with E-state index >= 15 is 0 Å². The number of aromatic nitrogens is 3. The molecule has 0 bridgehead atoms. The average molecular weight is 215 g/mol. The lowest BCUT2D eigenvalue weighted by Gasteiger charge is -2.00. The first-order valence-electron chi connectivity index (χ1n) is 4.69. The highest BCUT2D eigenvalue weighted by Crippen LogP contribution is 2.13. The monoisotopic (exact) mass is 215 g/mol. The van der Waals surface area contributed by atoms with Crippen molar-refractivity contribution in [2.45, 2.75) is 6.42 Å². The Bertz CT molecular complexity index is 482. The van der Waals surface area contributed by atoms with Crippen molar-refractivity contribution < 1.29 is 9.90 Å². The number of pyridine rings is 1. The summed E-state index contributed by atoms with van der Waals surface area (Å²) in [5.74, 6) is -0.911. The van der Waals surface area contributed by atoms with Crippen LogP contribution in [-0.4, -0.2) is 26.0 Å². The Labute approximate surface area is 91.8 Å². The van der Waals surface area contributed by atoms with Gasteiger partial charge in [-0.15, -0.1) is 0 Å². The molecule has 0 aliphatic carbocycles. The van der Waals surface area contributed by atoms with Crippen LogP contribution < -0.4 is 0 Å². The quantitative estimate of drug-likeness (QED) is 0.831. The molecule has 0 amide bonds. The van der Waals surface area contributed by atoms with Crippen molar-refractivity contribution in [3.63, 3.8) is 0 Å². The molecule has 0 aliphatic rings. The maximum absolute atomic E-state index is 10.4. The Morgan fingerprint density at radius 3 is 2.50 bits per heavy atom. The molecular formula is C11H9N3O2. The van der Waals surface area contributed by atoms with Crippen LogP contribution in [0.15, 0.2) is 36.9 Å². The van der Waals surface area contributed by atoms with Crippen LogP contribution in [0.5, 0.6) is 0 Å². The highest BCUT2D eigenvalue weighted by Gasteiger charge is 2.03. The number of hydrogen-bond donors (Lipinski definition) is 1. The zero-order valence-electron chi connectivity index (χ0n) is 8.37. The topological polar surface area (TPSA) is 76.0 Å². The zero-order chi connectivity index (χ0) is 11.4. The summed E-state index contributed by atoms with van der Waals surface area (Å²) < 4.78 is 0. The van der Waals surface area contributed by atoms with Gasteiger partial charge < -0.3 is 5.11 Å². The number of aliphatic carboxylic acids is 1. The molecule has 0 radical (unpaired) electrons. The molecular weight excluding hydrogens is 206 g/mol. The van der Waals surface area contributed by atoms with Gasteiger partial charge in [-0.2, -0.15) is 0 Å². The van der Waals surface area contributed by atoms with Crippen molar-refractivity contribution in [3.05, 3.63) is 42.6 Å². The van der Waals surface area contributed by atoms with Gasteiger partial charge in [0.05, 0.1) is 24.0 Å². The summed E-state index contributed by atoms with van der Waals surface area (Å²) in [6.45, 7) is 0. The van der Waals surface area contributed by atoms with Crippen molar-refractivity contribution in [3.8, 4) is 11.3 Å². The van der Waals surface area contributed by atoms with Gasteiger partial charge in [0.2, 0.25) is 0 Å². The number of carbonyl (C=O) groups is 1. The summed E-state index contributed by atoms with van der Waals surface area (Å²) in [4.78, 5) is 22.5. The molecule has 5 heteroatoms. The third kappa shape index (κ3) is 2.38. The first-order chi connectivity index (χ1) is 7.75. The maximum atomic E-state index is 10.4. The van der Waals surface area contributed by atoms with Crippen molar-refractivity contribution in [1.29, 1.82) is 0 Å². The summed E-state index contributed by atoms with van der Waals surface area (Å²) in [5.41, 5.74) is 2.06. The average Bonchev–Trinajstić information content (AvgIpc) is 2.30. The molecule has 0 fully saturated rings. The molecule has 2 heterocycles. The number of carboxylic acid groups (broad SMARTS) is 1. The van der Waals surface area contributed by atoms with Crippen LogP contribution in [0.25, 0.3) is 11.3 Å². The molecule has 0 aromatic carbocycles. The van der Waals surface area contributed by atoms with E-state index in [1.165, 1.54) is 6.20 Å². The van der Waals surface area contributed by atoms with E-state index in [0.717, 1.165) is 5.56 Å². The molecule has 5 nitrogen and oxygen atoms in total. The highest BCUT2D eigenvalue weighted by molar-refractivity contribution is 5.69. The van der Waals surface area contributed by atoms with Gasteiger partial charge in [0.1, 0.15) is 0 Å². The van der Waals surface area contributed by atoms with Gasteiger partial charge in [0, 0.05) is 24.2 Å². The van der Waals surface area contributed by atoms with Crippen molar-refractivity contribution in [2.24, 2.45) is 0 Å². The molecule has 0 saturated carbocycles. The maximum Gasteiger partial charge on any atom is 0.309 e. The Balaban J connectivity index is 2.23. The van der Waals surface area contributed by atoms with E-state index < -0.39 is 5.97 Å². The molecule has 80 valence electrons. The van der Waals surface area contributed by atoms with Crippen LogP contribution in [0, 0.1) is 0 Å². The fourth-order valence-electron chi connectivity index (χ4n) is 1.27. The van der Waals surface area contributed by atoms with E-state index in [1.54, 1.807) is 18.6 Å². The Hall–Kier alpha value is -2.30. The minimum absolute atomic E-state index is 0.108. The van der Waals surface area contributed by atoms with Crippen LogP contribution in [0.2, 0.25) is 0 Å². The largest absolute Gasteiger partial charge is 0.481 e. The second kappa shape index (κ2) is 4.48. The molecule has 2 rings (SSSR count). The molecule has 16 heavy (non-hydrogen) atoms. The molecule has 0 aliphatic heterocycles. The van der Waals surface area contributed by atoms with Gasteiger partial charge in [0.15, 0.2) is 0 Å². The predicted molar refractivity (Wildman–Crippen MR) is 56.6 cm³/mol. The Morgan fingerprint density at radius 2 is 1.94 bits per heavy atom. The van der Waals surface area contributed by atoms with Crippen LogP contribution in [-0.2, 0) is 11.2 Å². The van der Waals surface area contributed by atoms with Crippen LogP contribution in [0.4, 0.5) is 0 Å². The van der Waals surface area contributed by atoms with Crippen molar-refractivity contribution in [2.75, 3.05) is 0 Å². The van der Waals surface area contributed by atoms with Gasteiger partial charge in [-0.3, -0.25) is 19.7 Å². The van der Waals surface area contributed by atoms with E-state index in [1.807, 2.05) is 12.1 Å². The lowest BCUT2D eigenvalue weighted by atomic mass is 10.2. The fraction of sp³-hybridized carbons (Fsp3) is 0.0909. The summed E-state index contributed by atoms with van der Waals surface area (Å²) in [6, 6.07) is 3.64. The first kappa shape index (κ1) is 10.2. The van der Waals surface area contributed by atoms with Crippen molar-refractivity contribution in [1.82, 2.24) is 15.0 Å². The fourth-order valence-corrected chi connectivity index (χ4v) is 1.27. The van der Waals surface area contributed by atoms with E-state index in [0.29, 0.717) is 11.4 Å². The standard InChI is InChI=1S/C11H9N3O2/c15-11(16)5-9-6-14-10(7-13-9)8-1-3-12-4-2-8/h1-4,6-7H,5H2,(H,15,16). The van der Waals surface area contributed by atoms with Crippen molar-refractivity contribution >= 4 is 5.97 Å². The summed E-state index contributed by atoms with van der Waals surface area (Å²) in [7, 11) is 0. The number of hydrogen-bond acceptors (Lipinski definition) is 4. The molecule has 0 saturated heterocycles. The summed E-state index contributed by atoms with van der Waals surface area (Å²) >= 11 is 0. The second-order valence-electron chi connectivity index (χ2n) is 3.20. The third-order valence-corrected chi connectivity index (χ3v) is 2.01. The molecule has 0 atom stereocenters. The lowest BCUT2D eigenvalue weighted by Crippen LogP contribution is -2.02. The SMILES string of the molecule is O=C(O)Cc1cnc(-c2ccncc2)cn1.